The average molecular weight is 708 g/mol. The zero-order valence-electron chi connectivity index (χ0n) is 26.9. The van der Waals surface area contributed by atoms with Crippen molar-refractivity contribution in [2.45, 2.75) is 68.0 Å². The van der Waals surface area contributed by atoms with Crippen molar-refractivity contribution in [3.05, 3.63) is 66.5 Å². The van der Waals surface area contributed by atoms with Crippen LogP contribution in [0.4, 0.5) is 17.6 Å². The van der Waals surface area contributed by atoms with E-state index in [1.807, 2.05) is 0 Å². The van der Waals surface area contributed by atoms with Gasteiger partial charge >= 0.3 is 6.30 Å². The number of pyridine rings is 1. The van der Waals surface area contributed by atoms with Crippen LogP contribution in [0.2, 0.25) is 25.7 Å². The highest BCUT2D eigenvalue weighted by Crippen LogP contribution is 2.35. The Bertz CT molecular complexity index is 1900. The van der Waals surface area contributed by atoms with Crippen LogP contribution in [0, 0.1) is 5.82 Å². The maximum absolute atomic E-state index is 15.7. The standard InChI is InChI=1S/C33H37F4N3O6SSi/c1-47(42,39-33(35,36)37)23-11-9-21(10-12-23)20-5-7-22(8-6-20)30-24(34)15-26-25(38-30)16-29(40(26)19-43-13-14-48(2,3)4)46-28-18-45-31-27(41)17-44-32(28)31/h5-12,15-16,27-28,31-32,41H,13-14,17-19H2,1-4H3/t27-,28-,31-,32-,47?/m1/s1. The molecule has 0 amide bonds. The number of hydrogen-bond acceptors (Lipinski definition) is 8. The van der Waals surface area contributed by atoms with Gasteiger partial charge in [0.15, 0.2) is 17.8 Å². The lowest BCUT2D eigenvalue weighted by Gasteiger charge is -2.20. The number of alkyl halides is 3. The van der Waals surface area contributed by atoms with Gasteiger partial charge in [0, 0.05) is 43.5 Å². The summed E-state index contributed by atoms with van der Waals surface area (Å²) in [5.41, 5.74) is 3.00. The van der Waals surface area contributed by atoms with Gasteiger partial charge < -0.3 is 24.1 Å². The van der Waals surface area contributed by atoms with Crippen molar-refractivity contribution in [2.75, 3.05) is 26.1 Å². The van der Waals surface area contributed by atoms with Gasteiger partial charge in [0.1, 0.15) is 30.7 Å². The predicted molar refractivity (Wildman–Crippen MR) is 175 cm³/mol. The summed E-state index contributed by atoms with van der Waals surface area (Å²) in [6, 6.07) is 16.8. The summed E-state index contributed by atoms with van der Waals surface area (Å²) in [5, 5.41) is 10.2. The van der Waals surface area contributed by atoms with Crippen LogP contribution in [-0.4, -0.2) is 83.7 Å². The van der Waals surface area contributed by atoms with Gasteiger partial charge in [0.05, 0.1) is 34.0 Å². The fraction of sp³-hybridized carbons (Fsp3) is 0.424. The molecule has 1 unspecified atom stereocenters. The fourth-order valence-corrected chi connectivity index (χ4v) is 7.67. The van der Waals surface area contributed by atoms with Gasteiger partial charge in [-0.15, -0.1) is 17.5 Å². The maximum atomic E-state index is 15.7. The first-order valence-corrected chi connectivity index (χ1v) is 21.1. The molecule has 48 heavy (non-hydrogen) atoms. The minimum atomic E-state index is -4.91. The Labute approximate surface area is 277 Å². The van der Waals surface area contributed by atoms with Crippen molar-refractivity contribution < 1.29 is 45.8 Å². The largest absolute Gasteiger partial charge is 0.511 e. The molecule has 0 spiro atoms. The summed E-state index contributed by atoms with van der Waals surface area (Å²) in [6.07, 6.45) is -6.07. The quantitative estimate of drug-likeness (QED) is 0.0847. The van der Waals surface area contributed by atoms with Gasteiger partial charge in [-0.3, -0.25) is 4.57 Å². The lowest BCUT2D eigenvalue weighted by atomic mass is 10.0. The second-order valence-corrected chi connectivity index (χ2v) is 21.1. The summed E-state index contributed by atoms with van der Waals surface area (Å²) in [4.78, 5) is 4.62. The van der Waals surface area contributed by atoms with Gasteiger partial charge in [-0.1, -0.05) is 56.0 Å². The first-order chi connectivity index (χ1) is 22.6. The fourth-order valence-electron chi connectivity index (χ4n) is 5.77. The number of aliphatic hydroxyl groups is 1. The van der Waals surface area contributed by atoms with Crippen molar-refractivity contribution >= 4 is 28.8 Å². The highest BCUT2D eigenvalue weighted by molar-refractivity contribution is 7.93. The molecule has 0 bridgehead atoms. The summed E-state index contributed by atoms with van der Waals surface area (Å²) >= 11 is 0. The van der Waals surface area contributed by atoms with E-state index in [1.165, 1.54) is 18.2 Å². The zero-order valence-corrected chi connectivity index (χ0v) is 28.7. The van der Waals surface area contributed by atoms with Crippen LogP contribution in [0.3, 0.4) is 0 Å². The minimum Gasteiger partial charge on any atom is -0.470 e. The molecule has 9 nitrogen and oxygen atoms in total. The summed E-state index contributed by atoms with van der Waals surface area (Å²) in [5.74, 6) is -0.135. The third-order valence-electron chi connectivity index (χ3n) is 8.33. The topological polar surface area (TPSA) is 104 Å². The molecular formula is C33H37F4N3O6SSi. The second-order valence-electron chi connectivity index (χ2n) is 13.3. The van der Waals surface area contributed by atoms with Crippen LogP contribution in [0.15, 0.2) is 69.9 Å². The lowest BCUT2D eigenvalue weighted by molar-refractivity contribution is -0.117. The molecule has 4 heterocycles. The molecule has 15 heteroatoms. The monoisotopic (exact) mass is 707 g/mol. The van der Waals surface area contributed by atoms with Crippen molar-refractivity contribution in [1.29, 1.82) is 0 Å². The van der Waals surface area contributed by atoms with Gasteiger partial charge in [-0.2, -0.15) is 0 Å². The van der Waals surface area contributed by atoms with Gasteiger partial charge in [0.2, 0.25) is 0 Å². The molecule has 2 aliphatic heterocycles. The van der Waals surface area contributed by atoms with E-state index in [2.05, 4.69) is 29.0 Å². The SMILES string of the molecule is C[Si](C)(C)CCOCn1c(O[C@@H]2CO[C@H]3[C@@H]2OC[C@H]3O)cc2nc(-c3ccc(-c4ccc(S(C)(=O)=NC(F)(F)F)cc4)cc3)c(F)cc21. The van der Waals surface area contributed by atoms with Crippen molar-refractivity contribution in [3.8, 4) is 28.3 Å². The molecule has 0 aliphatic carbocycles. The number of benzene rings is 2. The highest BCUT2D eigenvalue weighted by atomic mass is 32.2. The average Bonchev–Trinajstić information content (AvgIpc) is 3.68. The molecule has 2 aliphatic rings. The maximum Gasteiger partial charge on any atom is 0.511 e. The van der Waals surface area contributed by atoms with Gasteiger partial charge in [-0.05, 0) is 29.3 Å². The van der Waals surface area contributed by atoms with Gasteiger partial charge in [-0.25, -0.2) is 13.6 Å². The van der Waals surface area contributed by atoms with Crippen LogP contribution in [-0.2, 0) is 30.7 Å². The molecular weight excluding hydrogens is 671 g/mol. The lowest BCUT2D eigenvalue weighted by Crippen LogP contribution is -2.35. The Morgan fingerprint density at radius 2 is 1.62 bits per heavy atom. The molecule has 6 rings (SSSR count). The molecule has 5 atom stereocenters. The van der Waals surface area contributed by atoms with E-state index in [9.17, 15) is 22.5 Å². The Kier molecular flexibility index (Phi) is 9.47. The number of aliphatic hydroxyl groups excluding tert-OH is 1. The number of aromatic nitrogens is 2. The molecule has 2 aromatic carbocycles. The van der Waals surface area contributed by atoms with Gasteiger partial charge in [0.25, 0.3) is 0 Å². The number of hydrogen-bond donors (Lipinski definition) is 1. The Morgan fingerprint density at radius 3 is 2.27 bits per heavy atom. The smallest absolute Gasteiger partial charge is 0.470 e. The van der Waals surface area contributed by atoms with E-state index in [4.69, 9.17) is 18.9 Å². The Hall–Kier alpha value is -3.34. The van der Waals surface area contributed by atoms with Crippen LogP contribution < -0.4 is 4.74 Å². The first-order valence-electron chi connectivity index (χ1n) is 15.4. The third kappa shape index (κ3) is 7.61. The number of rotatable bonds is 10. The summed E-state index contributed by atoms with van der Waals surface area (Å²) < 4.78 is 94.4. The van der Waals surface area contributed by atoms with E-state index in [1.54, 1.807) is 47.0 Å². The molecule has 4 aromatic rings. The van der Waals surface area contributed by atoms with E-state index in [0.717, 1.165) is 17.9 Å². The highest BCUT2D eigenvalue weighted by Gasteiger charge is 2.48. The van der Waals surface area contributed by atoms with Crippen LogP contribution in [0.1, 0.15) is 0 Å². The number of fused-ring (bicyclic) bond motifs is 2. The predicted octanol–water partition coefficient (Wildman–Crippen LogP) is 6.70. The first kappa shape index (κ1) is 34.5. The van der Waals surface area contributed by atoms with E-state index >= 15 is 4.39 Å². The number of halogens is 4. The summed E-state index contributed by atoms with van der Waals surface area (Å²) in [6.45, 7) is 7.84. The van der Waals surface area contributed by atoms with Crippen molar-refractivity contribution in [1.82, 2.24) is 9.55 Å². The summed E-state index contributed by atoms with van der Waals surface area (Å²) in [7, 11) is -4.99. The van der Waals surface area contributed by atoms with E-state index in [0.29, 0.717) is 34.6 Å². The molecule has 0 saturated carbocycles. The third-order valence-corrected chi connectivity index (χ3v) is 11.7. The number of nitrogens with zero attached hydrogens (tertiary/aromatic N) is 3. The Morgan fingerprint density at radius 1 is 1.00 bits per heavy atom. The number of ether oxygens (including phenoxy) is 4. The second kappa shape index (κ2) is 13.2. The Balaban J connectivity index is 1.26. The minimum absolute atomic E-state index is 0.0369. The van der Waals surface area contributed by atoms with Crippen LogP contribution >= 0.6 is 0 Å². The molecule has 0 radical (unpaired) electrons. The van der Waals surface area contributed by atoms with E-state index in [-0.39, 0.29) is 30.5 Å². The molecule has 2 fully saturated rings. The van der Waals surface area contributed by atoms with Crippen LogP contribution in [0.5, 0.6) is 5.88 Å². The van der Waals surface area contributed by atoms with E-state index < -0.39 is 54.3 Å². The normalized spacial score (nSPS) is 22.5. The van der Waals surface area contributed by atoms with Crippen molar-refractivity contribution in [3.63, 3.8) is 0 Å². The zero-order chi connectivity index (χ0) is 34.4. The molecule has 2 saturated heterocycles. The van der Waals surface area contributed by atoms with Crippen LogP contribution in [0.25, 0.3) is 33.4 Å². The van der Waals surface area contributed by atoms with Crippen molar-refractivity contribution in [2.24, 2.45) is 4.36 Å². The molecule has 1 N–H and O–H groups in total. The molecule has 2 aromatic heterocycles. The molecule has 258 valence electrons.